The molecule has 1 aromatic carbocycles. The zero-order chi connectivity index (χ0) is 9.97. The van der Waals surface area contributed by atoms with E-state index in [1.54, 1.807) is 0 Å². The first-order chi connectivity index (χ1) is 6.83. The normalized spacial score (nSPS) is 11.0. The zero-order valence-corrected chi connectivity index (χ0v) is 8.79. The van der Waals surface area contributed by atoms with Crippen LogP contribution < -0.4 is 4.57 Å². The van der Waals surface area contributed by atoms with Crippen molar-refractivity contribution in [3.8, 4) is 0 Å². The van der Waals surface area contributed by atoms with Crippen LogP contribution in [0.3, 0.4) is 0 Å². The van der Waals surface area contributed by atoms with Gasteiger partial charge in [-0.2, -0.15) is 4.57 Å². The van der Waals surface area contributed by atoms with Crippen LogP contribution in [0.25, 0.3) is 11.1 Å². The minimum absolute atomic E-state index is 0.987. The van der Waals surface area contributed by atoms with Gasteiger partial charge in [0.25, 0.3) is 5.52 Å². The molecule has 0 unspecified atom stereocenters. The molecule has 2 aromatic rings. The summed E-state index contributed by atoms with van der Waals surface area (Å²) >= 11 is 0. The van der Waals surface area contributed by atoms with E-state index in [1.165, 1.54) is 18.4 Å². The molecule has 0 aliphatic carbocycles. The summed E-state index contributed by atoms with van der Waals surface area (Å²) in [6.45, 7) is 5.28. The van der Waals surface area contributed by atoms with Gasteiger partial charge in [0, 0.05) is 12.5 Å². The van der Waals surface area contributed by atoms with Crippen molar-refractivity contribution in [3.63, 3.8) is 0 Å². The molecule has 2 heteroatoms. The number of oxazole rings is 1. The van der Waals surface area contributed by atoms with E-state index in [-0.39, 0.29) is 0 Å². The average molecular weight is 190 g/mol. The molecule has 14 heavy (non-hydrogen) atoms. The van der Waals surface area contributed by atoms with Gasteiger partial charge >= 0.3 is 5.89 Å². The Morgan fingerprint density at radius 1 is 1.29 bits per heavy atom. The fourth-order valence-electron chi connectivity index (χ4n) is 1.74. The molecule has 2 rings (SSSR count). The van der Waals surface area contributed by atoms with E-state index in [1.807, 2.05) is 19.1 Å². The summed E-state index contributed by atoms with van der Waals surface area (Å²) in [5.74, 6) is 1.000. The summed E-state index contributed by atoms with van der Waals surface area (Å²) in [7, 11) is 0. The highest BCUT2D eigenvalue weighted by Crippen LogP contribution is 2.12. The Hall–Kier alpha value is -1.31. The monoisotopic (exact) mass is 190 g/mol. The van der Waals surface area contributed by atoms with Crippen LogP contribution in [0.15, 0.2) is 28.7 Å². The van der Waals surface area contributed by atoms with Crippen LogP contribution in [0.4, 0.5) is 0 Å². The SMILES string of the molecule is CCCC[n+]1c(C)oc2ccccc21. The van der Waals surface area contributed by atoms with Gasteiger partial charge < -0.3 is 4.42 Å². The van der Waals surface area contributed by atoms with Gasteiger partial charge in [-0.05, 0) is 6.07 Å². The molecule has 0 atom stereocenters. The molecule has 0 saturated heterocycles. The lowest BCUT2D eigenvalue weighted by Crippen LogP contribution is -2.35. The van der Waals surface area contributed by atoms with Gasteiger partial charge in [0.1, 0.15) is 0 Å². The van der Waals surface area contributed by atoms with Crippen LogP contribution in [0.1, 0.15) is 25.7 Å². The van der Waals surface area contributed by atoms with Gasteiger partial charge in [0.05, 0.1) is 6.92 Å². The molecule has 1 aromatic heterocycles. The number of aromatic nitrogens is 1. The molecule has 0 bridgehead atoms. The highest BCUT2D eigenvalue weighted by Gasteiger charge is 2.16. The van der Waals surface area contributed by atoms with Crippen molar-refractivity contribution in [2.24, 2.45) is 0 Å². The molecule has 0 amide bonds. The predicted molar refractivity (Wildman–Crippen MR) is 56.1 cm³/mol. The van der Waals surface area contributed by atoms with Gasteiger partial charge in [-0.15, -0.1) is 0 Å². The standard InChI is InChI=1S/C12H16NO/c1-3-4-9-13-10(2)14-12-8-6-5-7-11(12)13/h5-8H,3-4,9H2,1-2H3/q+1. The first-order valence-corrected chi connectivity index (χ1v) is 5.21. The van der Waals surface area contributed by atoms with E-state index >= 15 is 0 Å². The van der Waals surface area contributed by atoms with Crippen LogP contribution in [0.5, 0.6) is 0 Å². The Balaban J connectivity index is 2.45. The van der Waals surface area contributed by atoms with Crippen LogP contribution in [-0.4, -0.2) is 0 Å². The van der Waals surface area contributed by atoms with E-state index in [0.717, 1.165) is 18.0 Å². The molecule has 2 nitrogen and oxygen atoms in total. The molecule has 0 aliphatic heterocycles. The summed E-state index contributed by atoms with van der Waals surface area (Å²) in [5, 5.41) is 0. The number of aryl methyl sites for hydroxylation is 2. The number of rotatable bonds is 3. The molecule has 1 heterocycles. The van der Waals surface area contributed by atoms with E-state index in [2.05, 4.69) is 23.6 Å². The fraction of sp³-hybridized carbons (Fsp3) is 0.417. The minimum atomic E-state index is 0.987. The third-order valence-electron chi connectivity index (χ3n) is 2.53. The number of fused-ring (bicyclic) bond motifs is 1. The van der Waals surface area contributed by atoms with Gasteiger partial charge in [0.2, 0.25) is 5.58 Å². The first kappa shape index (κ1) is 9.25. The lowest BCUT2D eigenvalue weighted by molar-refractivity contribution is -0.683. The Kier molecular flexibility index (Phi) is 2.53. The second kappa shape index (κ2) is 3.82. The molecule has 0 aliphatic rings. The highest BCUT2D eigenvalue weighted by molar-refractivity contribution is 5.68. The minimum Gasteiger partial charge on any atom is -0.402 e. The third-order valence-corrected chi connectivity index (χ3v) is 2.53. The van der Waals surface area contributed by atoms with Crippen LogP contribution in [-0.2, 0) is 6.54 Å². The van der Waals surface area contributed by atoms with Crippen molar-refractivity contribution in [1.82, 2.24) is 0 Å². The molecular weight excluding hydrogens is 174 g/mol. The summed E-state index contributed by atoms with van der Waals surface area (Å²) in [5.41, 5.74) is 2.19. The second-order valence-electron chi connectivity index (χ2n) is 3.59. The number of hydrogen-bond donors (Lipinski definition) is 0. The van der Waals surface area contributed by atoms with Gasteiger partial charge in [-0.3, -0.25) is 0 Å². The van der Waals surface area contributed by atoms with Gasteiger partial charge in [0.15, 0.2) is 6.54 Å². The van der Waals surface area contributed by atoms with Crippen LogP contribution in [0, 0.1) is 6.92 Å². The highest BCUT2D eigenvalue weighted by atomic mass is 16.3. The second-order valence-corrected chi connectivity index (χ2v) is 3.59. The molecule has 0 spiro atoms. The summed E-state index contributed by atoms with van der Waals surface area (Å²) in [4.78, 5) is 0. The van der Waals surface area contributed by atoms with Crippen molar-refractivity contribution in [3.05, 3.63) is 30.2 Å². The average Bonchev–Trinajstić information content (AvgIpc) is 2.51. The first-order valence-electron chi connectivity index (χ1n) is 5.21. The van der Waals surface area contributed by atoms with Crippen molar-refractivity contribution in [1.29, 1.82) is 0 Å². The van der Waals surface area contributed by atoms with Crippen molar-refractivity contribution < 1.29 is 8.98 Å². The van der Waals surface area contributed by atoms with E-state index < -0.39 is 0 Å². The summed E-state index contributed by atoms with van der Waals surface area (Å²) < 4.78 is 7.91. The topological polar surface area (TPSA) is 17.0 Å². The number of nitrogens with zero attached hydrogens (tertiary/aromatic N) is 1. The summed E-state index contributed by atoms with van der Waals surface area (Å²) in [6.07, 6.45) is 2.42. The fourth-order valence-corrected chi connectivity index (χ4v) is 1.74. The van der Waals surface area contributed by atoms with Crippen molar-refractivity contribution >= 4 is 11.1 Å². The van der Waals surface area contributed by atoms with Crippen molar-refractivity contribution in [2.45, 2.75) is 33.2 Å². The lowest BCUT2D eigenvalue weighted by Gasteiger charge is -1.92. The van der Waals surface area contributed by atoms with Gasteiger partial charge in [-0.1, -0.05) is 25.5 Å². The molecule has 74 valence electrons. The van der Waals surface area contributed by atoms with Gasteiger partial charge in [-0.25, -0.2) is 0 Å². The Morgan fingerprint density at radius 3 is 2.86 bits per heavy atom. The molecule has 0 radical (unpaired) electrons. The predicted octanol–water partition coefficient (Wildman–Crippen LogP) is 2.83. The third kappa shape index (κ3) is 1.52. The smallest absolute Gasteiger partial charge is 0.344 e. The Labute approximate surface area is 84.2 Å². The molecule has 0 N–H and O–H groups in total. The zero-order valence-electron chi connectivity index (χ0n) is 8.79. The van der Waals surface area contributed by atoms with E-state index in [9.17, 15) is 0 Å². The lowest BCUT2D eigenvalue weighted by atomic mass is 10.3. The summed E-state index contributed by atoms with van der Waals surface area (Å²) in [6, 6.07) is 8.20. The van der Waals surface area contributed by atoms with Crippen molar-refractivity contribution in [2.75, 3.05) is 0 Å². The molecule has 0 saturated carbocycles. The molecule has 0 fully saturated rings. The van der Waals surface area contributed by atoms with Crippen LogP contribution in [0.2, 0.25) is 0 Å². The largest absolute Gasteiger partial charge is 0.402 e. The Bertz CT molecular complexity index is 431. The number of para-hydroxylation sites is 2. The maximum atomic E-state index is 5.66. The maximum Gasteiger partial charge on any atom is 0.344 e. The van der Waals surface area contributed by atoms with Crippen LogP contribution >= 0.6 is 0 Å². The van der Waals surface area contributed by atoms with E-state index in [0.29, 0.717) is 0 Å². The van der Waals surface area contributed by atoms with E-state index in [4.69, 9.17) is 4.42 Å². The number of unbranched alkanes of at least 4 members (excludes halogenated alkanes) is 1. The molecular formula is C12H16NO+. The maximum absolute atomic E-state index is 5.66. The number of hydrogen-bond acceptors (Lipinski definition) is 1. The Morgan fingerprint density at radius 2 is 2.07 bits per heavy atom. The quantitative estimate of drug-likeness (QED) is 0.680. The number of benzene rings is 1.